The summed E-state index contributed by atoms with van der Waals surface area (Å²) in [4.78, 5) is 3.22. The van der Waals surface area contributed by atoms with Gasteiger partial charge in [0.15, 0.2) is 11.5 Å². The van der Waals surface area contributed by atoms with Crippen LogP contribution in [0, 0.1) is 11.3 Å². The number of rotatable bonds is 2. The van der Waals surface area contributed by atoms with Gasteiger partial charge in [-0.3, -0.25) is 4.99 Å². The standard InChI is InChI=1S/C7H6FIN2/c1-3-5(9)7(8)6(4-10)11-2/h3H,2H2,1H3/b5-3+,7-6+. The molecule has 0 unspecified atom stereocenters. The monoisotopic (exact) mass is 264 g/mol. The molecule has 0 saturated heterocycles. The van der Waals surface area contributed by atoms with Crippen LogP contribution in [0.2, 0.25) is 0 Å². The van der Waals surface area contributed by atoms with Gasteiger partial charge in [-0.1, -0.05) is 6.08 Å². The molecule has 0 atom stereocenters. The first-order valence-corrected chi connectivity index (χ1v) is 3.84. The summed E-state index contributed by atoms with van der Waals surface area (Å²) < 4.78 is 13.3. The molecule has 0 amide bonds. The van der Waals surface area contributed by atoms with Gasteiger partial charge >= 0.3 is 0 Å². The highest BCUT2D eigenvalue weighted by Gasteiger charge is 2.05. The van der Waals surface area contributed by atoms with E-state index in [2.05, 4.69) is 11.7 Å². The second kappa shape index (κ2) is 5.02. The van der Waals surface area contributed by atoms with E-state index in [0.29, 0.717) is 3.58 Å². The van der Waals surface area contributed by atoms with Gasteiger partial charge in [0.05, 0.1) is 0 Å². The van der Waals surface area contributed by atoms with E-state index in [0.717, 1.165) is 0 Å². The van der Waals surface area contributed by atoms with Crippen molar-refractivity contribution < 1.29 is 4.39 Å². The Morgan fingerprint density at radius 2 is 2.36 bits per heavy atom. The summed E-state index contributed by atoms with van der Waals surface area (Å²) >= 11 is 1.78. The predicted molar refractivity (Wildman–Crippen MR) is 51.1 cm³/mol. The lowest BCUT2D eigenvalue weighted by Crippen LogP contribution is -1.80. The fourth-order valence-electron chi connectivity index (χ4n) is 0.394. The molecule has 0 aliphatic heterocycles. The zero-order valence-electron chi connectivity index (χ0n) is 5.93. The van der Waals surface area contributed by atoms with Crippen molar-refractivity contribution in [3.63, 3.8) is 0 Å². The van der Waals surface area contributed by atoms with Crippen LogP contribution in [0.25, 0.3) is 0 Å². The van der Waals surface area contributed by atoms with Crippen LogP contribution in [0.3, 0.4) is 0 Å². The van der Waals surface area contributed by atoms with E-state index < -0.39 is 5.83 Å². The molecule has 0 aliphatic rings. The molecule has 0 aromatic carbocycles. The van der Waals surface area contributed by atoms with Crippen molar-refractivity contribution in [3.8, 4) is 6.07 Å². The van der Waals surface area contributed by atoms with E-state index in [4.69, 9.17) is 5.26 Å². The van der Waals surface area contributed by atoms with Crippen LogP contribution in [0.4, 0.5) is 4.39 Å². The van der Waals surface area contributed by atoms with E-state index in [9.17, 15) is 4.39 Å². The largest absolute Gasteiger partial charge is 0.251 e. The molecule has 0 heterocycles. The molecule has 0 saturated carbocycles. The van der Waals surface area contributed by atoms with E-state index in [1.807, 2.05) is 0 Å². The van der Waals surface area contributed by atoms with Crippen LogP contribution in [-0.4, -0.2) is 6.72 Å². The molecule has 4 heteroatoms. The minimum Gasteiger partial charge on any atom is -0.251 e. The third-order valence-corrected chi connectivity index (χ3v) is 2.03. The number of aliphatic imine (C=N–C) groups is 1. The lowest BCUT2D eigenvalue weighted by molar-refractivity contribution is 0.655. The lowest BCUT2D eigenvalue weighted by atomic mass is 10.4. The van der Waals surface area contributed by atoms with Crippen LogP contribution in [0.5, 0.6) is 0 Å². The highest BCUT2D eigenvalue weighted by molar-refractivity contribution is 14.1. The second-order valence-corrected chi connectivity index (χ2v) is 2.73. The summed E-state index contributed by atoms with van der Waals surface area (Å²) in [6.07, 6.45) is 1.55. The molecule has 0 aliphatic carbocycles. The van der Waals surface area contributed by atoms with Crippen LogP contribution in [0.1, 0.15) is 6.92 Å². The highest BCUT2D eigenvalue weighted by Crippen LogP contribution is 2.22. The molecule has 0 aromatic rings. The van der Waals surface area contributed by atoms with Gasteiger partial charge in [0.25, 0.3) is 0 Å². The maximum atomic E-state index is 12.9. The number of allylic oxidation sites excluding steroid dienone is 4. The molecule has 0 bridgehead atoms. The van der Waals surface area contributed by atoms with Gasteiger partial charge in [0.1, 0.15) is 6.07 Å². The SMILES string of the molecule is C=N/C(C#N)=C(F)\C(I)=C/C. The fraction of sp³-hybridized carbons (Fsp3) is 0.143. The van der Waals surface area contributed by atoms with Gasteiger partial charge in [0, 0.05) is 3.58 Å². The van der Waals surface area contributed by atoms with Crippen molar-refractivity contribution in [1.29, 1.82) is 5.26 Å². The average molecular weight is 264 g/mol. The minimum atomic E-state index is -0.620. The van der Waals surface area contributed by atoms with Gasteiger partial charge in [-0.2, -0.15) is 5.26 Å². The van der Waals surface area contributed by atoms with Gasteiger partial charge in [0.2, 0.25) is 0 Å². The topological polar surface area (TPSA) is 36.1 Å². The van der Waals surface area contributed by atoms with Crippen molar-refractivity contribution in [2.75, 3.05) is 0 Å². The maximum Gasteiger partial charge on any atom is 0.176 e. The zero-order valence-corrected chi connectivity index (χ0v) is 8.09. The van der Waals surface area contributed by atoms with Gasteiger partial charge < -0.3 is 0 Å². The molecule has 0 N–H and O–H groups in total. The molecular weight excluding hydrogens is 258 g/mol. The molecule has 0 aromatic heterocycles. The second-order valence-electron chi connectivity index (χ2n) is 1.57. The van der Waals surface area contributed by atoms with Crippen molar-refractivity contribution >= 4 is 29.3 Å². The normalized spacial score (nSPS) is 13.5. The summed E-state index contributed by atoms with van der Waals surface area (Å²) in [5.74, 6) is -0.620. The third kappa shape index (κ3) is 2.80. The van der Waals surface area contributed by atoms with Crippen molar-refractivity contribution in [2.24, 2.45) is 4.99 Å². The molecule has 0 rings (SSSR count). The molecule has 0 spiro atoms. The lowest BCUT2D eigenvalue weighted by Gasteiger charge is -1.93. The summed E-state index contributed by atoms with van der Waals surface area (Å²) in [6.45, 7) is 4.75. The quantitative estimate of drug-likeness (QED) is 0.327. The van der Waals surface area contributed by atoms with Crippen molar-refractivity contribution in [1.82, 2.24) is 0 Å². The maximum absolute atomic E-state index is 12.9. The summed E-state index contributed by atoms with van der Waals surface area (Å²) in [6, 6.07) is 1.60. The Bertz CT molecular complexity index is 260. The molecule has 0 radical (unpaired) electrons. The predicted octanol–water partition coefficient (Wildman–Crippen LogP) is 2.73. The number of nitriles is 1. The number of hydrogen-bond donors (Lipinski definition) is 0. The number of hydrogen-bond acceptors (Lipinski definition) is 2. The van der Waals surface area contributed by atoms with E-state index >= 15 is 0 Å². The molecule has 58 valence electrons. The first-order valence-electron chi connectivity index (χ1n) is 2.76. The molecule has 11 heavy (non-hydrogen) atoms. The minimum absolute atomic E-state index is 0.271. The Balaban J connectivity index is 4.95. The Hall–Kier alpha value is -0.700. The van der Waals surface area contributed by atoms with E-state index in [1.54, 1.807) is 41.7 Å². The third-order valence-electron chi connectivity index (χ3n) is 0.935. The van der Waals surface area contributed by atoms with E-state index in [1.165, 1.54) is 0 Å². The van der Waals surface area contributed by atoms with Crippen LogP contribution < -0.4 is 0 Å². The Morgan fingerprint density at radius 1 is 1.82 bits per heavy atom. The average Bonchev–Trinajstić information content (AvgIpc) is 2.05. The Kier molecular flexibility index (Phi) is 4.70. The Labute approximate surface area is 78.3 Å². The Morgan fingerprint density at radius 3 is 2.64 bits per heavy atom. The first-order chi connectivity index (χ1) is 5.17. The number of halogens is 2. The van der Waals surface area contributed by atoms with Gasteiger partial charge in [-0.05, 0) is 36.2 Å². The van der Waals surface area contributed by atoms with Crippen LogP contribution >= 0.6 is 22.6 Å². The van der Waals surface area contributed by atoms with Crippen molar-refractivity contribution in [3.05, 3.63) is 21.2 Å². The summed E-state index contributed by atoms with van der Waals surface area (Å²) in [7, 11) is 0. The van der Waals surface area contributed by atoms with Crippen molar-refractivity contribution in [2.45, 2.75) is 6.92 Å². The molecule has 0 fully saturated rings. The fourth-order valence-corrected chi connectivity index (χ4v) is 0.649. The highest BCUT2D eigenvalue weighted by atomic mass is 127. The molecule has 2 nitrogen and oxygen atoms in total. The molecular formula is C7H6FIN2. The summed E-state index contributed by atoms with van der Waals surface area (Å²) in [5.41, 5.74) is -0.271. The summed E-state index contributed by atoms with van der Waals surface area (Å²) in [5, 5.41) is 8.33. The zero-order chi connectivity index (χ0) is 8.85. The smallest absolute Gasteiger partial charge is 0.176 e. The van der Waals surface area contributed by atoms with Gasteiger partial charge in [-0.15, -0.1) is 0 Å². The van der Waals surface area contributed by atoms with E-state index in [-0.39, 0.29) is 5.70 Å². The van der Waals surface area contributed by atoms with Crippen LogP contribution in [-0.2, 0) is 0 Å². The van der Waals surface area contributed by atoms with Crippen LogP contribution in [0.15, 0.2) is 26.2 Å². The number of nitrogens with zero attached hydrogens (tertiary/aromatic N) is 2. The van der Waals surface area contributed by atoms with Gasteiger partial charge in [-0.25, -0.2) is 4.39 Å². The first kappa shape index (κ1) is 10.3.